The molecule has 0 saturated carbocycles. The first-order chi connectivity index (χ1) is 8.56. The van der Waals surface area contributed by atoms with Crippen molar-refractivity contribution in [3.05, 3.63) is 45.7 Å². The molecule has 1 heterocycles. The minimum absolute atomic E-state index is 0.116. The zero-order valence-corrected chi connectivity index (χ0v) is 11.4. The normalized spacial score (nSPS) is 10.1. The van der Waals surface area contributed by atoms with Crippen LogP contribution < -0.4 is 10.5 Å². The van der Waals surface area contributed by atoms with Crippen LogP contribution in [0.15, 0.2) is 34.9 Å². The van der Waals surface area contributed by atoms with Crippen molar-refractivity contribution >= 4 is 33.4 Å². The van der Waals surface area contributed by atoms with E-state index in [0.717, 1.165) is 0 Å². The summed E-state index contributed by atoms with van der Waals surface area (Å²) in [6.07, 6.45) is 1.48. The average Bonchev–Trinajstić information content (AvgIpc) is 2.33. The monoisotopic (exact) mass is 326 g/mol. The van der Waals surface area contributed by atoms with Gasteiger partial charge in [0.25, 0.3) is 0 Å². The van der Waals surface area contributed by atoms with E-state index in [1.165, 1.54) is 12.3 Å². The van der Waals surface area contributed by atoms with Crippen molar-refractivity contribution < 1.29 is 4.74 Å². The molecule has 2 rings (SSSR count). The Bertz CT molecular complexity index is 605. The van der Waals surface area contributed by atoms with Gasteiger partial charge in [-0.25, -0.2) is 4.98 Å². The molecule has 3 N–H and O–H groups in total. The fourth-order valence-electron chi connectivity index (χ4n) is 1.20. The van der Waals surface area contributed by atoms with Crippen molar-refractivity contribution in [2.45, 2.75) is 0 Å². The van der Waals surface area contributed by atoms with Gasteiger partial charge in [-0.15, -0.1) is 0 Å². The minimum Gasteiger partial charge on any atom is -0.423 e. The van der Waals surface area contributed by atoms with Crippen LogP contribution in [0.4, 0.5) is 0 Å². The summed E-state index contributed by atoms with van der Waals surface area (Å²) >= 11 is 9.15. The highest BCUT2D eigenvalue weighted by molar-refractivity contribution is 9.10. The highest BCUT2D eigenvalue weighted by Gasteiger charge is 2.07. The predicted molar refractivity (Wildman–Crippen MR) is 72.3 cm³/mol. The second-order valence-electron chi connectivity index (χ2n) is 3.31. The van der Waals surface area contributed by atoms with Crippen molar-refractivity contribution in [1.29, 1.82) is 5.41 Å². The molecule has 0 aliphatic rings. The minimum atomic E-state index is -0.141. The van der Waals surface area contributed by atoms with E-state index in [1.54, 1.807) is 18.2 Å². The zero-order valence-electron chi connectivity index (χ0n) is 9.02. The molecule has 18 heavy (non-hydrogen) atoms. The first kappa shape index (κ1) is 12.8. The molecule has 0 radical (unpaired) electrons. The Hall–Kier alpha value is -1.66. The molecule has 5 nitrogen and oxygen atoms in total. The molecule has 0 aliphatic carbocycles. The lowest BCUT2D eigenvalue weighted by Gasteiger charge is -2.06. The Morgan fingerprint density at radius 2 is 2.17 bits per heavy atom. The number of hydrogen-bond acceptors (Lipinski definition) is 4. The Labute approximate surface area is 117 Å². The van der Waals surface area contributed by atoms with Gasteiger partial charge in [-0.2, -0.15) is 4.98 Å². The maximum Gasteiger partial charge on any atom is 0.322 e. The van der Waals surface area contributed by atoms with Gasteiger partial charge in [0.15, 0.2) is 0 Å². The van der Waals surface area contributed by atoms with E-state index >= 15 is 0 Å². The van der Waals surface area contributed by atoms with E-state index in [-0.39, 0.29) is 11.8 Å². The third kappa shape index (κ3) is 2.96. The number of benzene rings is 1. The second-order valence-corrected chi connectivity index (χ2v) is 4.61. The van der Waals surface area contributed by atoms with Crippen LogP contribution in [0.1, 0.15) is 5.69 Å². The average molecular weight is 328 g/mol. The maximum absolute atomic E-state index is 7.29. The molecule has 92 valence electrons. The molecular weight excluding hydrogens is 320 g/mol. The number of amidine groups is 1. The highest BCUT2D eigenvalue weighted by atomic mass is 79.9. The molecule has 1 aromatic heterocycles. The first-order valence-electron chi connectivity index (χ1n) is 4.86. The number of nitrogens with zero attached hydrogens (tertiary/aromatic N) is 2. The maximum atomic E-state index is 7.29. The van der Waals surface area contributed by atoms with Gasteiger partial charge in [0.1, 0.15) is 17.3 Å². The number of nitrogens with one attached hydrogen (secondary N) is 1. The number of nitrogens with two attached hydrogens (primary N) is 1. The van der Waals surface area contributed by atoms with Crippen molar-refractivity contribution in [3.8, 4) is 11.8 Å². The fourth-order valence-corrected chi connectivity index (χ4v) is 1.96. The molecular formula is C11H8BrClN4O. The molecule has 0 unspecified atom stereocenters. The molecule has 0 spiro atoms. The summed E-state index contributed by atoms with van der Waals surface area (Å²) in [5.41, 5.74) is 5.65. The van der Waals surface area contributed by atoms with Crippen LogP contribution >= 0.6 is 27.5 Å². The Kier molecular flexibility index (Phi) is 3.78. The summed E-state index contributed by atoms with van der Waals surface area (Å²) in [5, 5.41) is 7.88. The Morgan fingerprint density at radius 1 is 1.39 bits per heavy atom. The van der Waals surface area contributed by atoms with Gasteiger partial charge >= 0.3 is 6.01 Å². The van der Waals surface area contributed by atoms with Gasteiger partial charge in [-0.05, 0) is 40.2 Å². The predicted octanol–water partition coefficient (Wildman–Crippen LogP) is 2.97. The lowest BCUT2D eigenvalue weighted by atomic mass is 10.3. The standard InChI is InChI=1S/C11H8BrClN4O/c12-7-5-6(13)1-2-9(7)18-11-16-4-3-8(17-11)10(14)15/h1-5H,(H3,14,15). The van der Waals surface area contributed by atoms with E-state index in [4.69, 9.17) is 27.5 Å². The van der Waals surface area contributed by atoms with Crippen molar-refractivity contribution in [2.75, 3.05) is 0 Å². The van der Waals surface area contributed by atoms with Crippen LogP contribution in [0.3, 0.4) is 0 Å². The molecule has 0 fully saturated rings. The van der Waals surface area contributed by atoms with Crippen LogP contribution in [-0.2, 0) is 0 Å². The molecule has 2 aromatic rings. The largest absolute Gasteiger partial charge is 0.423 e. The highest BCUT2D eigenvalue weighted by Crippen LogP contribution is 2.30. The molecule has 0 amide bonds. The summed E-state index contributed by atoms with van der Waals surface area (Å²) in [6.45, 7) is 0. The lowest BCUT2D eigenvalue weighted by molar-refractivity contribution is 0.438. The lowest BCUT2D eigenvalue weighted by Crippen LogP contribution is -2.13. The van der Waals surface area contributed by atoms with Gasteiger partial charge in [0.05, 0.1) is 4.47 Å². The summed E-state index contributed by atoms with van der Waals surface area (Å²) in [5.74, 6) is 0.387. The molecule has 0 atom stereocenters. The summed E-state index contributed by atoms with van der Waals surface area (Å²) in [7, 11) is 0. The first-order valence-corrected chi connectivity index (χ1v) is 6.03. The smallest absolute Gasteiger partial charge is 0.322 e. The van der Waals surface area contributed by atoms with E-state index in [0.29, 0.717) is 20.9 Å². The molecule has 1 aromatic carbocycles. The van der Waals surface area contributed by atoms with Gasteiger partial charge < -0.3 is 10.5 Å². The van der Waals surface area contributed by atoms with E-state index in [2.05, 4.69) is 25.9 Å². The quantitative estimate of drug-likeness (QED) is 0.670. The van der Waals surface area contributed by atoms with Crippen molar-refractivity contribution in [1.82, 2.24) is 9.97 Å². The topological polar surface area (TPSA) is 84.9 Å². The number of halogens is 2. The second kappa shape index (κ2) is 5.32. The zero-order chi connectivity index (χ0) is 13.1. The van der Waals surface area contributed by atoms with Crippen molar-refractivity contribution in [2.24, 2.45) is 5.73 Å². The number of ether oxygens (including phenoxy) is 1. The number of aromatic nitrogens is 2. The molecule has 0 bridgehead atoms. The number of nitrogen functional groups attached to an aromatic ring is 1. The number of rotatable bonds is 3. The third-order valence-electron chi connectivity index (χ3n) is 2.00. The Morgan fingerprint density at radius 3 is 2.83 bits per heavy atom. The van der Waals surface area contributed by atoms with Gasteiger partial charge in [-0.3, -0.25) is 5.41 Å². The fraction of sp³-hybridized carbons (Fsp3) is 0. The van der Waals surface area contributed by atoms with Crippen LogP contribution in [0.25, 0.3) is 0 Å². The molecule has 0 saturated heterocycles. The SMILES string of the molecule is N=C(N)c1ccnc(Oc2ccc(Cl)cc2Br)n1. The number of hydrogen-bond donors (Lipinski definition) is 2. The van der Waals surface area contributed by atoms with E-state index < -0.39 is 0 Å². The van der Waals surface area contributed by atoms with Gasteiger partial charge in [0.2, 0.25) is 0 Å². The Balaban J connectivity index is 2.28. The third-order valence-corrected chi connectivity index (χ3v) is 2.86. The summed E-state index contributed by atoms with van der Waals surface area (Å²) in [6, 6.07) is 6.73. The molecule has 7 heteroatoms. The van der Waals surface area contributed by atoms with E-state index in [1.807, 2.05) is 0 Å². The summed E-state index contributed by atoms with van der Waals surface area (Å²) in [4.78, 5) is 7.94. The van der Waals surface area contributed by atoms with Gasteiger partial charge in [-0.1, -0.05) is 11.6 Å². The van der Waals surface area contributed by atoms with Crippen LogP contribution in [-0.4, -0.2) is 15.8 Å². The van der Waals surface area contributed by atoms with Crippen LogP contribution in [0, 0.1) is 5.41 Å². The van der Waals surface area contributed by atoms with Crippen molar-refractivity contribution in [3.63, 3.8) is 0 Å². The molecule has 0 aliphatic heterocycles. The van der Waals surface area contributed by atoms with Gasteiger partial charge in [0, 0.05) is 11.2 Å². The van der Waals surface area contributed by atoms with Crippen LogP contribution in [0.5, 0.6) is 11.8 Å². The summed E-state index contributed by atoms with van der Waals surface area (Å²) < 4.78 is 6.16. The van der Waals surface area contributed by atoms with E-state index in [9.17, 15) is 0 Å². The van der Waals surface area contributed by atoms with Crippen LogP contribution in [0.2, 0.25) is 5.02 Å².